The number of ether oxygens (including phenoxy) is 1. The molecule has 5 heteroatoms. The van der Waals surface area contributed by atoms with E-state index in [2.05, 4.69) is 19.2 Å². The Kier molecular flexibility index (Phi) is 4.93. The van der Waals surface area contributed by atoms with E-state index in [1.54, 1.807) is 0 Å². The molecule has 0 bridgehead atoms. The molecule has 1 aliphatic heterocycles. The summed E-state index contributed by atoms with van der Waals surface area (Å²) >= 11 is 0. The van der Waals surface area contributed by atoms with Crippen molar-refractivity contribution < 1.29 is 19.4 Å². The summed E-state index contributed by atoms with van der Waals surface area (Å²) in [5, 5.41) is 11.2. The molecule has 0 aromatic heterocycles. The van der Waals surface area contributed by atoms with Crippen molar-refractivity contribution in [2.45, 2.75) is 33.1 Å². The Morgan fingerprint density at radius 1 is 1.35 bits per heavy atom. The van der Waals surface area contributed by atoms with Gasteiger partial charge in [-0.3, -0.25) is 9.59 Å². The number of carbonyl (C=O) groups is 2. The van der Waals surface area contributed by atoms with Crippen molar-refractivity contribution in [1.29, 1.82) is 0 Å². The monoisotopic (exact) mass is 243 g/mol. The molecule has 5 nitrogen and oxygen atoms in total. The van der Waals surface area contributed by atoms with Crippen molar-refractivity contribution in [3.63, 3.8) is 0 Å². The van der Waals surface area contributed by atoms with Gasteiger partial charge in [0, 0.05) is 19.8 Å². The SMILES string of the molecule is CC(C)(CNC(=O)CC(=O)O)C1CCOCC1. The van der Waals surface area contributed by atoms with Gasteiger partial charge in [0.25, 0.3) is 0 Å². The maximum absolute atomic E-state index is 11.3. The van der Waals surface area contributed by atoms with Crippen LogP contribution in [0, 0.1) is 11.3 Å². The number of hydrogen-bond acceptors (Lipinski definition) is 3. The second kappa shape index (κ2) is 6.00. The Labute approximate surface area is 102 Å². The Hall–Kier alpha value is -1.10. The first-order chi connectivity index (χ1) is 7.92. The highest BCUT2D eigenvalue weighted by molar-refractivity contribution is 5.93. The molecule has 2 N–H and O–H groups in total. The zero-order valence-corrected chi connectivity index (χ0v) is 10.5. The molecule has 0 saturated carbocycles. The minimum absolute atomic E-state index is 0.0159. The molecular weight excluding hydrogens is 222 g/mol. The molecule has 1 aliphatic rings. The molecule has 98 valence electrons. The van der Waals surface area contributed by atoms with Crippen molar-refractivity contribution in [2.24, 2.45) is 11.3 Å². The van der Waals surface area contributed by atoms with Gasteiger partial charge in [0.1, 0.15) is 6.42 Å². The fourth-order valence-corrected chi connectivity index (χ4v) is 2.15. The van der Waals surface area contributed by atoms with Crippen LogP contribution in [0.4, 0.5) is 0 Å². The van der Waals surface area contributed by atoms with Crippen LogP contribution in [0.25, 0.3) is 0 Å². The lowest BCUT2D eigenvalue weighted by atomic mass is 9.74. The van der Waals surface area contributed by atoms with Gasteiger partial charge in [-0.1, -0.05) is 13.8 Å². The van der Waals surface area contributed by atoms with Crippen molar-refractivity contribution in [3.8, 4) is 0 Å². The zero-order valence-electron chi connectivity index (χ0n) is 10.5. The summed E-state index contributed by atoms with van der Waals surface area (Å²) in [6.45, 7) is 6.27. The summed E-state index contributed by atoms with van der Waals surface area (Å²) in [6, 6.07) is 0. The van der Waals surface area contributed by atoms with Crippen LogP contribution in [0.2, 0.25) is 0 Å². The van der Waals surface area contributed by atoms with Gasteiger partial charge in [-0.25, -0.2) is 0 Å². The van der Waals surface area contributed by atoms with Crippen LogP contribution >= 0.6 is 0 Å². The summed E-state index contributed by atoms with van der Waals surface area (Å²) in [7, 11) is 0. The molecule has 17 heavy (non-hydrogen) atoms. The maximum Gasteiger partial charge on any atom is 0.312 e. The minimum atomic E-state index is -1.09. The normalized spacial score (nSPS) is 17.8. The van der Waals surface area contributed by atoms with Gasteiger partial charge < -0.3 is 15.2 Å². The predicted molar refractivity (Wildman–Crippen MR) is 62.6 cm³/mol. The third-order valence-corrected chi connectivity index (χ3v) is 3.38. The maximum atomic E-state index is 11.3. The summed E-state index contributed by atoms with van der Waals surface area (Å²) in [4.78, 5) is 21.6. The van der Waals surface area contributed by atoms with Crippen LogP contribution < -0.4 is 5.32 Å². The third kappa shape index (κ3) is 4.73. The van der Waals surface area contributed by atoms with Crippen LogP contribution in [0.3, 0.4) is 0 Å². The van der Waals surface area contributed by atoms with Crippen LogP contribution in [0.1, 0.15) is 33.1 Å². The van der Waals surface area contributed by atoms with E-state index in [0.717, 1.165) is 26.1 Å². The molecule has 0 aromatic rings. The van der Waals surface area contributed by atoms with Gasteiger partial charge >= 0.3 is 5.97 Å². The molecule has 0 unspecified atom stereocenters. The number of rotatable bonds is 5. The first kappa shape index (κ1) is 14.0. The van der Waals surface area contributed by atoms with E-state index in [4.69, 9.17) is 9.84 Å². The molecule has 0 aromatic carbocycles. The quantitative estimate of drug-likeness (QED) is 0.707. The second-order valence-electron chi connectivity index (χ2n) is 5.22. The van der Waals surface area contributed by atoms with Crippen molar-refractivity contribution in [2.75, 3.05) is 19.8 Å². The van der Waals surface area contributed by atoms with E-state index in [-0.39, 0.29) is 5.41 Å². The number of aliphatic carboxylic acids is 1. The molecule has 0 radical (unpaired) electrons. The second-order valence-corrected chi connectivity index (χ2v) is 5.22. The number of carboxylic acid groups (broad SMARTS) is 1. The number of carboxylic acids is 1. The van der Waals surface area contributed by atoms with E-state index in [9.17, 15) is 9.59 Å². The predicted octanol–water partition coefficient (Wildman–Crippen LogP) is 1.03. The average Bonchev–Trinajstić information content (AvgIpc) is 2.27. The lowest BCUT2D eigenvalue weighted by Gasteiger charge is -2.37. The van der Waals surface area contributed by atoms with E-state index in [1.165, 1.54) is 0 Å². The molecule has 1 heterocycles. The minimum Gasteiger partial charge on any atom is -0.481 e. The average molecular weight is 243 g/mol. The molecule has 0 atom stereocenters. The highest BCUT2D eigenvalue weighted by atomic mass is 16.5. The van der Waals surface area contributed by atoms with E-state index >= 15 is 0 Å². The number of amides is 1. The van der Waals surface area contributed by atoms with Crippen LogP contribution in [0.5, 0.6) is 0 Å². The first-order valence-corrected chi connectivity index (χ1v) is 5.98. The summed E-state index contributed by atoms with van der Waals surface area (Å²) in [5.74, 6) is -0.995. The molecule has 0 aliphatic carbocycles. The number of hydrogen-bond donors (Lipinski definition) is 2. The molecule has 1 fully saturated rings. The highest BCUT2D eigenvalue weighted by Gasteiger charge is 2.31. The van der Waals surface area contributed by atoms with Gasteiger partial charge in [-0.15, -0.1) is 0 Å². The third-order valence-electron chi connectivity index (χ3n) is 3.38. The first-order valence-electron chi connectivity index (χ1n) is 5.98. The molecule has 1 rings (SSSR count). The largest absolute Gasteiger partial charge is 0.481 e. The van der Waals surface area contributed by atoms with E-state index in [0.29, 0.717) is 12.5 Å². The lowest BCUT2D eigenvalue weighted by Crippen LogP contribution is -2.41. The number of carbonyl (C=O) groups excluding carboxylic acids is 1. The molecular formula is C12H21NO4. The summed E-state index contributed by atoms with van der Waals surface area (Å²) in [6.07, 6.45) is 1.55. The van der Waals surface area contributed by atoms with Crippen molar-refractivity contribution in [1.82, 2.24) is 5.32 Å². The van der Waals surface area contributed by atoms with Gasteiger partial charge in [-0.2, -0.15) is 0 Å². The summed E-state index contributed by atoms with van der Waals surface area (Å²) < 4.78 is 5.31. The Morgan fingerprint density at radius 2 is 1.94 bits per heavy atom. The topological polar surface area (TPSA) is 75.6 Å². The van der Waals surface area contributed by atoms with E-state index in [1.807, 2.05) is 0 Å². The zero-order chi connectivity index (χ0) is 12.9. The van der Waals surface area contributed by atoms with Crippen LogP contribution in [0.15, 0.2) is 0 Å². The lowest BCUT2D eigenvalue weighted by molar-refractivity contribution is -0.140. The van der Waals surface area contributed by atoms with Gasteiger partial charge in [0.05, 0.1) is 0 Å². The van der Waals surface area contributed by atoms with Gasteiger partial charge in [0.15, 0.2) is 0 Å². The smallest absolute Gasteiger partial charge is 0.312 e. The molecule has 1 amide bonds. The van der Waals surface area contributed by atoms with Gasteiger partial charge in [0.2, 0.25) is 5.91 Å². The fraction of sp³-hybridized carbons (Fsp3) is 0.833. The Morgan fingerprint density at radius 3 is 2.47 bits per heavy atom. The van der Waals surface area contributed by atoms with Crippen molar-refractivity contribution in [3.05, 3.63) is 0 Å². The Balaban J connectivity index is 2.37. The van der Waals surface area contributed by atoms with Crippen molar-refractivity contribution >= 4 is 11.9 Å². The van der Waals surface area contributed by atoms with E-state index < -0.39 is 18.3 Å². The molecule has 0 spiro atoms. The number of nitrogens with one attached hydrogen (secondary N) is 1. The standard InChI is InChI=1S/C12H21NO4/c1-12(2,9-3-5-17-6-4-9)8-13-10(14)7-11(15)16/h9H,3-8H2,1-2H3,(H,13,14)(H,15,16). The van der Waals surface area contributed by atoms with Crippen LogP contribution in [-0.4, -0.2) is 36.7 Å². The van der Waals surface area contributed by atoms with Crippen LogP contribution in [-0.2, 0) is 14.3 Å². The molecule has 1 saturated heterocycles. The van der Waals surface area contributed by atoms with Gasteiger partial charge in [-0.05, 0) is 24.2 Å². The fourth-order valence-electron chi connectivity index (χ4n) is 2.15. The highest BCUT2D eigenvalue weighted by Crippen LogP contribution is 2.33. The summed E-state index contributed by atoms with van der Waals surface area (Å²) in [5.41, 5.74) is -0.0159. The Bertz CT molecular complexity index is 282.